The summed E-state index contributed by atoms with van der Waals surface area (Å²) in [6.45, 7) is 5.51. The molecule has 1 N–H and O–H groups in total. The first-order chi connectivity index (χ1) is 19.9. The summed E-state index contributed by atoms with van der Waals surface area (Å²) in [5.74, 6) is 1.02. The molecule has 0 saturated carbocycles. The van der Waals surface area contributed by atoms with Gasteiger partial charge in [-0.05, 0) is 51.1 Å². The number of benzene rings is 1. The molecule has 0 bridgehead atoms. The van der Waals surface area contributed by atoms with Gasteiger partial charge in [-0.2, -0.15) is 4.98 Å². The minimum Gasteiger partial charge on any atom is -0.486 e. The number of alkyl halides is 1. The lowest BCUT2D eigenvalue weighted by atomic mass is 10.1. The van der Waals surface area contributed by atoms with E-state index in [-0.39, 0.29) is 18.1 Å². The van der Waals surface area contributed by atoms with Crippen molar-refractivity contribution < 1.29 is 18.7 Å². The third-order valence-corrected chi connectivity index (χ3v) is 7.21. The first-order valence-corrected chi connectivity index (χ1v) is 14.0. The van der Waals surface area contributed by atoms with Crippen molar-refractivity contribution in [3.63, 3.8) is 0 Å². The van der Waals surface area contributed by atoms with Crippen molar-refractivity contribution in [2.75, 3.05) is 18.4 Å². The average molecular weight is 615 g/mol. The number of carbonyl (C=O) groups is 1. The second-order valence-corrected chi connectivity index (χ2v) is 11.7. The molecule has 0 aliphatic carbocycles. The SMILES string of the molecule is Cn1c(=O)c(-c2c(Cl)cccc2Cl)cc2cnc(Nc3ccc(OC4CCN(C(=O)OC(C)(C)C)CC4F)cn3)nc21. The van der Waals surface area contributed by atoms with Crippen molar-refractivity contribution >= 4 is 52.1 Å². The van der Waals surface area contributed by atoms with Crippen LogP contribution >= 0.6 is 23.2 Å². The lowest BCUT2D eigenvalue weighted by molar-refractivity contribution is -0.0106. The highest BCUT2D eigenvalue weighted by molar-refractivity contribution is 6.39. The van der Waals surface area contributed by atoms with Crippen molar-refractivity contribution in [1.29, 1.82) is 0 Å². The van der Waals surface area contributed by atoms with Crippen LogP contribution in [0.25, 0.3) is 22.2 Å². The Hall–Kier alpha value is -3.96. The molecule has 1 aliphatic heterocycles. The monoisotopic (exact) mass is 614 g/mol. The first kappa shape index (κ1) is 29.5. The minimum absolute atomic E-state index is 0.110. The average Bonchev–Trinajstić information content (AvgIpc) is 2.93. The number of pyridine rings is 2. The number of carbonyl (C=O) groups excluding carboxylic acids is 1. The quantitative estimate of drug-likeness (QED) is 0.284. The molecule has 2 unspecified atom stereocenters. The maximum absolute atomic E-state index is 14.8. The van der Waals surface area contributed by atoms with Gasteiger partial charge < -0.3 is 19.7 Å². The van der Waals surface area contributed by atoms with E-state index >= 15 is 0 Å². The fraction of sp³-hybridized carbons (Fsp3) is 0.345. The molecule has 1 aromatic carbocycles. The van der Waals surface area contributed by atoms with Crippen LogP contribution in [0.3, 0.4) is 0 Å². The molecule has 4 heterocycles. The van der Waals surface area contributed by atoms with Gasteiger partial charge in [-0.3, -0.25) is 9.36 Å². The fourth-order valence-electron chi connectivity index (χ4n) is 4.56. The van der Waals surface area contributed by atoms with Gasteiger partial charge in [-0.1, -0.05) is 29.3 Å². The van der Waals surface area contributed by atoms with Crippen LogP contribution in [0, 0.1) is 0 Å². The summed E-state index contributed by atoms with van der Waals surface area (Å²) in [7, 11) is 1.61. The third kappa shape index (κ3) is 6.42. The summed E-state index contributed by atoms with van der Waals surface area (Å²) in [5, 5.41) is 4.35. The number of nitrogens with one attached hydrogen (secondary N) is 1. The first-order valence-electron chi connectivity index (χ1n) is 13.2. The normalized spacial score (nSPS) is 17.3. The van der Waals surface area contributed by atoms with E-state index < -0.39 is 24.0 Å². The summed E-state index contributed by atoms with van der Waals surface area (Å²) >= 11 is 12.7. The van der Waals surface area contributed by atoms with E-state index in [2.05, 4.69) is 20.3 Å². The van der Waals surface area contributed by atoms with Crippen molar-refractivity contribution in [2.45, 2.75) is 45.1 Å². The number of nitrogens with zero attached hydrogens (tertiary/aromatic N) is 5. The predicted octanol–water partition coefficient (Wildman–Crippen LogP) is 6.17. The van der Waals surface area contributed by atoms with Crippen LogP contribution in [0.2, 0.25) is 10.0 Å². The Morgan fingerprint density at radius 3 is 2.50 bits per heavy atom. The number of aromatic nitrogens is 4. The predicted molar refractivity (Wildman–Crippen MR) is 159 cm³/mol. The molecular weight excluding hydrogens is 586 g/mol. The number of likely N-dealkylation sites (tertiary alicyclic amines) is 1. The van der Waals surface area contributed by atoms with Crippen LogP contribution in [-0.2, 0) is 11.8 Å². The summed E-state index contributed by atoms with van der Waals surface area (Å²) in [6.07, 6.45) is 0.722. The molecule has 220 valence electrons. The summed E-state index contributed by atoms with van der Waals surface area (Å²) in [6, 6.07) is 10.0. The highest BCUT2D eigenvalue weighted by atomic mass is 35.5. The van der Waals surface area contributed by atoms with Crippen molar-refractivity contribution in [1.82, 2.24) is 24.4 Å². The summed E-state index contributed by atoms with van der Waals surface area (Å²) < 4.78 is 27.4. The standard InChI is InChI=1S/C29H29Cl2FN6O4/c1-29(2,3)42-28(40)38-11-10-22(21(32)15-38)41-17-8-9-23(33-14-17)35-27-34-13-16-12-18(26(39)37(4)25(16)36-27)24-19(30)6-5-7-20(24)31/h5-9,12-14,21-22H,10-11,15H2,1-4H3,(H,33,34,35,36). The van der Waals surface area contributed by atoms with E-state index in [0.717, 1.165) is 0 Å². The highest BCUT2D eigenvalue weighted by Gasteiger charge is 2.35. The van der Waals surface area contributed by atoms with Gasteiger partial charge in [0.1, 0.15) is 28.9 Å². The Bertz CT molecular complexity index is 1670. The molecular formula is C29H29Cl2FN6O4. The van der Waals surface area contributed by atoms with Crippen LogP contribution in [0.5, 0.6) is 5.75 Å². The van der Waals surface area contributed by atoms with Crippen LogP contribution in [-0.4, -0.2) is 61.5 Å². The molecule has 13 heteroatoms. The molecule has 3 aromatic heterocycles. The molecule has 2 atom stereocenters. The van der Waals surface area contributed by atoms with E-state index in [1.807, 2.05) is 0 Å². The van der Waals surface area contributed by atoms with E-state index in [4.69, 9.17) is 32.7 Å². The number of piperidine rings is 1. The zero-order valence-electron chi connectivity index (χ0n) is 23.4. The van der Waals surface area contributed by atoms with Gasteiger partial charge in [0, 0.05) is 37.2 Å². The molecule has 1 amide bonds. The topological polar surface area (TPSA) is 111 Å². The summed E-state index contributed by atoms with van der Waals surface area (Å²) in [4.78, 5) is 40.0. The Kier molecular flexibility index (Phi) is 8.25. The maximum atomic E-state index is 14.8. The smallest absolute Gasteiger partial charge is 0.410 e. The summed E-state index contributed by atoms with van der Waals surface area (Å²) in [5.41, 5.74) is 0.223. The number of hydrogen-bond acceptors (Lipinski definition) is 8. The van der Waals surface area contributed by atoms with Gasteiger partial charge in [0.05, 0.1) is 28.4 Å². The number of anilines is 2. The largest absolute Gasteiger partial charge is 0.486 e. The van der Waals surface area contributed by atoms with Crippen LogP contribution in [0.1, 0.15) is 27.2 Å². The highest BCUT2D eigenvalue weighted by Crippen LogP contribution is 2.34. The fourth-order valence-corrected chi connectivity index (χ4v) is 5.16. The van der Waals surface area contributed by atoms with E-state index in [0.29, 0.717) is 56.7 Å². The third-order valence-electron chi connectivity index (χ3n) is 6.58. The zero-order chi connectivity index (χ0) is 30.2. The zero-order valence-corrected chi connectivity index (χ0v) is 24.9. The van der Waals surface area contributed by atoms with E-state index in [9.17, 15) is 14.0 Å². The van der Waals surface area contributed by atoms with Crippen molar-refractivity contribution in [3.05, 3.63) is 69.2 Å². The molecule has 1 aliphatic rings. The van der Waals surface area contributed by atoms with Gasteiger partial charge in [0.2, 0.25) is 5.95 Å². The number of ether oxygens (including phenoxy) is 2. The van der Waals surface area contributed by atoms with Gasteiger partial charge >= 0.3 is 6.09 Å². The molecule has 5 rings (SSSR count). The minimum atomic E-state index is -1.38. The van der Waals surface area contributed by atoms with Crippen molar-refractivity contribution in [2.24, 2.45) is 7.05 Å². The Morgan fingerprint density at radius 1 is 1.12 bits per heavy atom. The maximum Gasteiger partial charge on any atom is 0.410 e. The van der Waals surface area contributed by atoms with E-state index in [1.165, 1.54) is 15.7 Å². The Morgan fingerprint density at radius 2 is 1.86 bits per heavy atom. The number of fused-ring (bicyclic) bond motifs is 1. The molecule has 0 radical (unpaired) electrons. The van der Waals surface area contributed by atoms with Gasteiger partial charge in [0.25, 0.3) is 5.56 Å². The Labute approximate surface area is 251 Å². The Balaban J connectivity index is 1.26. The molecule has 1 saturated heterocycles. The van der Waals surface area contributed by atoms with Crippen molar-refractivity contribution in [3.8, 4) is 16.9 Å². The lowest BCUT2D eigenvalue weighted by Crippen LogP contribution is -2.50. The number of aryl methyl sites for hydroxylation is 1. The van der Waals surface area contributed by atoms with Crippen LogP contribution < -0.4 is 15.6 Å². The number of hydrogen-bond donors (Lipinski definition) is 1. The lowest BCUT2D eigenvalue weighted by Gasteiger charge is -2.35. The molecule has 1 fully saturated rings. The second-order valence-electron chi connectivity index (χ2n) is 10.9. The van der Waals surface area contributed by atoms with Gasteiger partial charge in [-0.25, -0.2) is 19.2 Å². The van der Waals surface area contributed by atoms with E-state index in [1.54, 1.807) is 70.4 Å². The number of halogens is 3. The van der Waals surface area contributed by atoms with Gasteiger partial charge in [-0.15, -0.1) is 0 Å². The molecule has 0 spiro atoms. The molecule has 10 nitrogen and oxygen atoms in total. The van der Waals surface area contributed by atoms with Crippen LogP contribution in [0.15, 0.2) is 53.6 Å². The second kappa shape index (κ2) is 11.7. The molecule has 4 aromatic rings. The van der Waals surface area contributed by atoms with Gasteiger partial charge in [0.15, 0.2) is 6.17 Å². The van der Waals surface area contributed by atoms with Crippen LogP contribution in [0.4, 0.5) is 21.0 Å². The number of rotatable bonds is 5. The number of amides is 1. The molecule has 42 heavy (non-hydrogen) atoms.